The summed E-state index contributed by atoms with van der Waals surface area (Å²) in [4.78, 5) is 4.36. The van der Waals surface area contributed by atoms with Gasteiger partial charge in [-0.3, -0.25) is 0 Å². The Kier molecular flexibility index (Phi) is 3.91. The lowest BCUT2D eigenvalue weighted by atomic mass is 10.2. The van der Waals surface area contributed by atoms with Gasteiger partial charge in [-0.15, -0.1) is 10.2 Å². The molecule has 0 N–H and O–H groups in total. The first-order valence-corrected chi connectivity index (χ1v) is 9.18. The molecule has 0 radical (unpaired) electrons. The number of hydrogen-bond acceptors (Lipinski definition) is 6. The third kappa shape index (κ3) is 2.95. The van der Waals surface area contributed by atoms with E-state index in [0.717, 1.165) is 27.8 Å². The second-order valence-corrected chi connectivity index (χ2v) is 6.95. The molecule has 0 aliphatic carbocycles. The van der Waals surface area contributed by atoms with Crippen molar-refractivity contribution in [3.8, 4) is 27.8 Å². The summed E-state index contributed by atoms with van der Waals surface area (Å²) in [5, 5.41) is 16.5. The molecule has 0 amide bonds. The molecular formula is C18H10F3N7S. The maximum absolute atomic E-state index is 13.9. The quantitative estimate of drug-likeness (QED) is 0.445. The second kappa shape index (κ2) is 6.48. The van der Waals surface area contributed by atoms with E-state index in [2.05, 4.69) is 25.4 Å². The molecule has 5 aromatic rings. The van der Waals surface area contributed by atoms with Crippen LogP contribution in [-0.4, -0.2) is 34.6 Å². The molecule has 0 saturated heterocycles. The van der Waals surface area contributed by atoms with Crippen molar-refractivity contribution in [1.29, 1.82) is 0 Å². The van der Waals surface area contributed by atoms with E-state index < -0.39 is 11.9 Å². The van der Waals surface area contributed by atoms with Crippen molar-refractivity contribution in [2.24, 2.45) is 0 Å². The number of rotatable bonds is 3. The monoisotopic (exact) mass is 413 g/mol. The Labute approximate surface area is 165 Å². The van der Waals surface area contributed by atoms with Crippen molar-refractivity contribution < 1.29 is 13.2 Å². The highest BCUT2D eigenvalue weighted by Crippen LogP contribution is 2.39. The average Bonchev–Trinajstić information content (AvgIpc) is 3.42. The van der Waals surface area contributed by atoms with Crippen LogP contribution in [0.1, 0.15) is 5.69 Å². The van der Waals surface area contributed by atoms with Crippen LogP contribution >= 0.6 is 11.3 Å². The Morgan fingerprint density at radius 1 is 0.931 bits per heavy atom. The van der Waals surface area contributed by atoms with Crippen LogP contribution in [-0.2, 0) is 6.18 Å². The number of pyridine rings is 1. The standard InChI is InChI=1S/C18H10F3N7S/c19-18(20,21)14-12(10-23-27(14)13-8-4-5-9-22-13)16-26-28-15(24-25-17(28)29-16)11-6-2-1-3-7-11/h1-10H. The van der Waals surface area contributed by atoms with Gasteiger partial charge in [0.25, 0.3) is 0 Å². The minimum absolute atomic E-state index is 0.0686. The Bertz CT molecular complexity index is 1290. The fraction of sp³-hybridized carbons (Fsp3) is 0.0556. The lowest BCUT2D eigenvalue weighted by Gasteiger charge is -2.11. The lowest BCUT2D eigenvalue weighted by molar-refractivity contribution is -0.142. The zero-order valence-electron chi connectivity index (χ0n) is 14.4. The molecule has 0 atom stereocenters. The van der Waals surface area contributed by atoms with Gasteiger partial charge in [0.15, 0.2) is 22.3 Å². The number of nitrogens with zero attached hydrogens (tertiary/aromatic N) is 7. The summed E-state index contributed by atoms with van der Waals surface area (Å²) in [6.45, 7) is 0. The maximum Gasteiger partial charge on any atom is 0.434 e. The Morgan fingerprint density at radius 2 is 1.72 bits per heavy atom. The Morgan fingerprint density at radius 3 is 2.45 bits per heavy atom. The number of alkyl halides is 3. The number of halogens is 3. The van der Waals surface area contributed by atoms with Crippen LogP contribution in [0.2, 0.25) is 0 Å². The van der Waals surface area contributed by atoms with Crippen LogP contribution in [0.3, 0.4) is 0 Å². The van der Waals surface area contributed by atoms with Gasteiger partial charge < -0.3 is 0 Å². The molecule has 0 unspecified atom stereocenters. The SMILES string of the molecule is FC(F)(F)c1c(-c2nn3c(-c4ccccc4)nnc3s2)cnn1-c1ccccn1. The van der Waals surface area contributed by atoms with Gasteiger partial charge in [-0.2, -0.15) is 27.9 Å². The molecule has 0 aliphatic heterocycles. The van der Waals surface area contributed by atoms with Gasteiger partial charge in [0.1, 0.15) is 0 Å². The Hall–Kier alpha value is -3.60. The lowest BCUT2D eigenvalue weighted by Crippen LogP contribution is -2.15. The summed E-state index contributed by atoms with van der Waals surface area (Å²) in [5.41, 5.74) is -0.322. The van der Waals surface area contributed by atoms with Crippen molar-refractivity contribution in [3.05, 3.63) is 66.6 Å². The normalized spacial score (nSPS) is 12.0. The first kappa shape index (κ1) is 17.5. The van der Waals surface area contributed by atoms with E-state index in [9.17, 15) is 13.2 Å². The van der Waals surface area contributed by atoms with E-state index in [1.54, 1.807) is 12.1 Å². The van der Waals surface area contributed by atoms with Gasteiger partial charge in [-0.1, -0.05) is 47.7 Å². The zero-order valence-corrected chi connectivity index (χ0v) is 15.3. The van der Waals surface area contributed by atoms with Gasteiger partial charge in [-0.25, -0.2) is 9.67 Å². The third-order valence-electron chi connectivity index (χ3n) is 4.16. The van der Waals surface area contributed by atoms with E-state index in [-0.39, 0.29) is 16.4 Å². The van der Waals surface area contributed by atoms with E-state index in [4.69, 9.17) is 0 Å². The summed E-state index contributed by atoms with van der Waals surface area (Å²) in [6.07, 6.45) is -2.10. The van der Waals surface area contributed by atoms with Crippen LogP contribution in [0.5, 0.6) is 0 Å². The van der Waals surface area contributed by atoms with Crippen LogP contribution < -0.4 is 0 Å². The summed E-state index contributed by atoms with van der Waals surface area (Å²) < 4.78 is 43.9. The summed E-state index contributed by atoms with van der Waals surface area (Å²) in [6, 6.07) is 13.9. The number of benzene rings is 1. The van der Waals surface area contributed by atoms with E-state index in [1.165, 1.54) is 16.8 Å². The fourth-order valence-electron chi connectivity index (χ4n) is 2.92. The van der Waals surface area contributed by atoms with Crippen molar-refractivity contribution >= 4 is 16.3 Å². The zero-order chi connectivity index (χ0) is 20.0. The minimum Gasteiger partial charge on any atom is -0.237 e. The van der Waals surface area contributed by atoms with E-state index >= 15 is 0 Å². The molecule has 144 valence electrons. The van der Waals surface area contributed by atoms with Gasteiger partial charge in [0.05, 0.1) is 11.8 Å². The molecule has 0 bridgehead atoms. The van der Waals surface area contributed by atoms with Crippen molar-refractivity contribution in [2.45, 2.75) is 6.18 Å². The molecule has 11 heteroatoms. The van der Waals surface area contributed by atoms with Crippen molar-refractivity contribution in [3.63, 3.8) is 0 Å². The second-order valence-electron chi connectivity index (χ2n) is 6.00. The van der Waals surface area contributed by atoms with Gasteiger partial charge in [-0.05, 0) is 12.1 Å². The number of fused-ring (bicyclic) bond motifs is 1. The molecule has 4 heterocycles. The predicted molar refractivity (Wildman–Crippen MR) is 99.4 cm³/mol. The molecule has 0 aliphatic rings. The molecule has 0 spiro atoms. The van der Waals surface area contributed by atoms with Crippen molar-refractivity contribution in [1.82, 2.24) is 34.6 Å². The maximum atomic E-state index is 13.9. The predicted octanol–water partition coefficient (Wildman–Crippen LogP) is 4.12. The molecule has 0 fully saturated rings. The molecule has 4 aromatic heterocycles. The van der Waals surface area contributed by atoms with Crippen LogP contribution in [0.4, 0.5) is 13.2 Å². The minimum atomic E-state index is -4.66. The fourth-order valence-corrected chi connectivity index (χ4v) is 3.77. The topological polar surface area (TPSA) is 73.8 Å². The Balaban J connectivity index is 1.68. The summed E-state index contributed by atoms with van der Waals surface area (Å²) in [7, 11) is 0. The van der Waals surface area contributed by atoms with Gasteiger partial charge in [0, 0.05) is 11.8 Å². The highest BCUT2D eigenvalue weighted by atomic mass is 32.1. The molecule has 5 rings (SSSR count). The number of hydrogen-bond donors (Lipinski definition) is 0. The third-order valence-corrected chi connectivity index (χ3v) is 5.09. The van der Waals surface area contributed by atoms with Crippen LogP contribution in [0.25, 0.3) is 32.7 Å². The van der Waals surface area contributed by atoms with E-state index in [1.807, 2.05) is 30.3 Å². The summed E-state index contributed by atoms with van der Waals surface area (Å²) >= 11 is 1.01. The molecule has 7 nitrogen and oxygen atoms in total. The molecule has 0 saturated carbocycles. The smallest absolute Gasteiger partial charge is 0.237 e. The number of aromatic nitrogens is 7. The molecule has 1 aromatic carbocycles. The van der Waals surface area contributed by atoms with Gasteiger partial charge in [0.2, 0.25) is 4.96 Å². The van der Waals surface area contributed by atoms with Crippen LogP contribution in [0.15, 0.2) is 60.9 Å². The molecule has 29 heavy (non-hydrogen) atoms. The van der Waals surface area contributed by atoms with Crippen molar-refractivity contribution in [2.75, 3.05) is 0 Å². The summed E-state index contributed by atoms with van der Waals surface area (Å²) in [5.74, 6) is 0.521. The van der Waals surface area contributed by atoms with E-state index in [0.29, 0.717) is 10.8 Å². The van der Waals surface area contributed by atoms with Gasteiger partial charge >= 0.3 is 6.18 Å². The first-order valence-electron chi connectivity index (χ1n) is 8.37. The average molecular weight is 413 g/mol. The highest BCUT2D eigenvalue weighted by Gasteiger charge is 2.40. The largest absolute Gasteiger partial charge is 0.434 e. The van der Waals surface area contributed by atoms with Crippen LogP contribution in [0, 0.1) is 0 Å². The highest BCUT2D eigenvalue weighted by molar-refractivity contribution is 7.19. The first-order chi connectivity index (χ1) is 14.0. The molecular weight excluding hydrogens is 403 g/mol.